The molecule has 0 amide bonds. The molecule has 5 nitrogen and oxygen atoms in total. The van der Waals surface area contributed by atoms with E-state index in [9.17, 15) is 18.0 Å². The number of halogens is 3. The Bertz CT molecular complexity index is 454. The lowest BCUT2D eigenvalue weighted by Crippen LogP contribution is -2.31. The molecule has 0 aliphatic heterocycles. The Morgan fingerprint density at radius 3 is 2.44 bits per heavy atom. The average molecular weight is 261 g/mol. The quantitative estimate of drug-likeness (QED) is 0.866. The van der Waals surface area contributed by atoms with Crippen LogP contribution < -0.4 is 5.32 Å². The highest BCUT2D eigenvalue weighted by atomic mass is 19.4. The summed E-state index contributed by atoms with van der Waals surface area (Å²) in [7, 11) is 0. The molecule has 0 saturated heterocycles. The van der Waals surface area contributed by atoms with E-state index in [1.165, 1.54) is 0 Å². The van der Waals surface area contributed by atoms with Crippen molar-refractivity contribution in [2.45, 2.75) is 19.0 Å². The number of carbonyl (C=O) groups is 1. The van der Waals surface area contributed by atoms with Gasteiger partial charge in [0.05, 0.1) is 17.8 Å². The van der Waals surface area contributed by atoms with Crippen LogP contribution in [0.5, 0.6) is 0 Å². The molecule has 8 heteroatoms. The number of anilines is 1. The zero-order chi connectivity index (χ0) is 13.4. The van der Waals surface area contributed by atoms with Gasteiger partial charge in [0.15, 0.2) is 5.69 Å². The average Bonchev–Trinajstić information content (AvgIpc) is 3.07. The highest BCUT2D eigenvalue weighted by Gasteiger charge is 2.62. The van der Waals surface area contributed by atoms with Gasteiger partial charge < -0.3 is 10.4 Å². The normalized spacial score (nSPS) is 17.3. The van der Waals surface area contributed by atoms with E-state index in [2.05, 4.69) is 15.3 Å². The molecule has 2 rings (SSSR count). The predicted octanol–water partition coefficient (Wildman–Crippen LogP) is 1.93. The van der Waals surface area contributed by atoms with E-state index >= 15 is 0 Å². The van der Waals surface area contributed by atoms with Crippen LogP contribution in [0, 0.1) is 5.41 Å². The van der Waals surface area contributed by atoms with Crippen LogP contribution in [0.3, 0.4) is 0 Å². The van der Waals surface area contributed by atoms with Gasteiger partial charge in [-0.15, -0.1) is 0 Å². The summed E-state index contributed by atoms with van der Waals surface area (Å²) in [6, 6.07) is 0. The Morgan fingerprint density at radius 2 is 2.06 bits per heavy atom. The third-order valence-corrected chi connectivity index (χ3v) is 2.93. The highest BCUT2D eigenvalue weighted by Crippen LogP contribution is 2.57. The van der Waals surface area contributed by atoms with Crippen molar-refractivity contribution in [1.29, 1.82) is 0 Å². The number of carboxylic acid groups (broad SMARTS) is 1. The molecule has 0 radical (unpaired) electrons. The summed E-state index contributed by atoms with van der Waals surface area (Å²) < 4.78 is 37.8. The number of rotatable bonds is 4. The molecular formula is C10H10F3N3O2. The maximum atomic E-state index is 12.6. The molecule has 1 aromatic rings. The third kappa shape index (κ3) is 2.36. The second kappa shape index (κ2) is 4.11. The van der Waals surface area contributed by atoms with E-state index in [-0.39, 0.29) is 30.9 Å². The minimum Gasteiger partial charge on any atom is -0.476 e. The first-order valence-corrected chi connectivity index (χ1v) is 5.20. The summed E-state index contributed by atoms with van der Waals surface area (Å²) in [6.07, 6.45) is -1.92. The summed E-state index contributed by atoms with van der Waals surface area (Å²) >= 11 is 0. The largest absolute Gasteiger partial charge is 0.476 e. The Hall–Kier alpha value is -1.86. The minimum absolute atomic E-state index is 0.101. The number of aromatic carboxylic acids is 1. The van der Waals surface area contributed by atoms with Gasteiger partial charge in [-0.25, -0.2) is 14.8 Å². The van der Waals surface area contributed by atoms with Crippen LogP contribution in [-0.2, 0) is 0 Å². The second-order valence-corrected chi connectivity index (χ2v) is 4.22. The molecule has 1 fully saturated rings. The number of carboxylic acids is 1. The van der Waals surface area contributed by atoms with Crippen molar-refractivity contribution in [2.24, 2.45) is 5.41 Å². The minimum atomic E-state index is -4.23. The molecule has 1 aliphatic rings. The van der Waals surface area contributed by atoms with Crippen molar-refractivity contribution in [3.05, 3.63) is 18.1 Å². The number of hydrogen-bond donors (Lipinski definition) is 2. The van der Waals surface area contributed by atoms with Gasteiger partial charge in [0, 0.05) is 6.54 Å². The Balaban J connectivity index is 1.97. The molecule has 0 aromatic carbocycles. The summed E-state index contributed by atoms with van der Waals surface area (Å²) in [5.41, 5.74) is -1.92. The van der Waals surface area contributed by atoms with Gasteiger partial charge in [0.25, 0.3) is 0 Å². The number of alkyl halides is 3. The zero-order valence-corrected chi connectivity index (χ0v) is 9.16. The van der Waals surface area contributed by atoms with Gasteiger partial charge in [-0.3, -0.25) is 0 Å². The van der Waals surface area contributed by atoms with Crippen molar-refractivity contribution in [2.75, 3.05) is 11.9 Å². The van der Waals surface area contributed by atoms with Gasteiger partial charge in [0.1, 0.15) is 5.82 Å². The Labute approximate surface area is 100 Å². The van der Waals surface area contributed by atoms with Crippen LogP contribution in [0.25, 0.3) is 0 Å². The van der Waals surface area contributed by atoms with E-state index in [0.717, 1.165) is 12.4 Å². The van der Waals surface area contributed by atoms with Crippen LogP contribution in [-0.4, -0.2) is 33.8 Å². The Morgan fingerprint density at radius 1 is 1.39 bits per heavy atom. The summed E-state index contributed by atoms with van der Waals surface area (Å²) in [4.78, 5) is 17.7. The van der Waals surface area contributed by atoms with Gasteiger partial charge in [-0.05, 0) is 12.8 Å². The van der Waals surface area contributed by atoms with Crippen LogP contribution in [0.1, 0.15) is 23.3 Å². The van der Waals surface area contributed by atoms with E-state index in [1.54, 1.807) is 0 Å². The number of aromatic nitrogens is 2. The molecule has 1 aromatic heterocycles. The molecule has 18 heavy (non-hydrogen) atoms. The summed E-state index contributed by atoms with van der Waals surface area (Å²) in [6.45, 7) is -0.266. The van der Waals surface area contributed by atoms with Crippen molar-refractivity contribution in [3.63, 3.8) is 0 Å². The Kier molecular flexibility index (Phi) is 2.88. The van der Waals surface area contributed by atoms with Gasteiger partial charge >= 0.3 is 12.1 Å². The zero-order valence-electron chi connectivity index (χ0n) is 9.16. The fourth-order valence-corrected chi connectivity index (χ4v) is 1.50. The van der Waals surface area contributed by atoms with Crippen LogP contribution in [0.2, 0.25) is 0 Å². The van der Waals surface area contributed by atoms with Crippen LogP contribution in [0.15, 0.2) is 12.4 Å². The molecular weight excluding hydrogens is 251 g/mol. The second-order valence-electron chi connectivity index (χ2n) is 4.22. The molecule has 1 saturated carbocycles. The molecule has 98 valence electrons. The topological polar surface area (TPSA) is 75.1 Å². The lowest BCUT2D eigenvalue weighted by Gasteiger charge is -2.19. The van der Waals surface area contributed by atoms with Gasteiger partial charge in [-0.2, -0.15) is 13.2 Å². The highest BCUT2D eigenvalue weighted by molar-refractivity contribution is 5.84. The van der Waals surface area contributed by atoms with Crippen molar-refractivity contribution >= 4 is 11.8 Å². The fraction of sp³-hybridized carbons (Fsp3) is 0.500. The monoisotopic (exact) mass is 261 g/mol. The van der Waals surface area contributed by atoms with E-state index in [4.69, 9.17) is 5.11 Å². The first kappa shape index (κ1) is 12.6. The fourth-order valence-electron chi connectivity index (χ4n) is 1.50. The SMILES string of the molecule is O=C(O)c1cnc(NCC2(C(F)(F)F)CC2)cn1. The van der Waals surface area contributed by atoms with Crippen molar-refractivity contribution < 1.29 is 23.1 Å². The lowest BCUT2D eigenvalue weighted by atomic mass is 10.1. The first-order chi connectivity index (χ1) is 8.34. The number of nitrogens with zero attached hydrogens (tertiary/aromatic N) is 2. The number of hydrogen-bond acceptors (Lipinski definition) is 4. The van der Waals surface area contributed by atoms with Crippen LogP contribution >= 0.6 is 0 Å². The number of nitrogens with one attached hydrogen (secondary N) is 1. The molecule has 1 heterocycles. The lowest BCUT2D eigenvalue weighted by molar-refractivity contribution is -0.182. The molecule has 0 spiro atoms. The van der Waals surface area contributed by atoms with E-state index in [0.29, 0.717) is 0 Å². The van der Waals surface area contributed by atoms with Gasteiger partial charge in [0.2, 0.25) is 0 Å². The van der Waals surface area contributed by atoms with Gasteiger partial charge in [-0.1, -0.05) is 0 Å². The predicted molar refractivity (Wildman–Crippen MR) is 55.2 cm³/mol. The van der Waals surface area contributed by atoms with E-state index in [1.807, 2.05) is 0 Å². The molecule has 0 unspecified atom stereocenters. The summed E-state index contributed by atoms with van der Waals surface area (Å²) in [5.74, 6) is -1.10. The van der Waals surface area contributed by atoms with E-state index < -0.39 is 17.6 Å². The molecule has 0 bridgehead atoms. The smallest absolute Gasteiger partial charge is 0.396 e. The van der Waals surface area contributed by atoms with Crippen molar-refractivity contribution in [3.8, 4) is 0 Å². The third-order valence-electron chi connectivity index (χ3n) is 2.93. The standard InChI is InChI=1S/C10H10F3N3O2/c11-10(12,13)9(1-2-9)5-16-7-4-14-6(3-15-7)8(17)18/h3-4H,1-2,5H2,(H,15,16)(H,17,18). The maximum absolute atomic E-state index is 12.6. The van der Waals surface area contributed by atoms with Crippen molar-refractivity contribution in [1.82, 2.24) is 9.97 Å². The first-order valence-electron chi connectivity index (χ1n) is 5.20. The van der Waals surface area contributed by atoms with Crippen LogP contribution in [0.4, 0.5) is 19.0 Å². The molecule has 2 N–H and O–H groups in total. The maximum Gasteiger partial charge on any atom is 0.396 e. The molecule has 0 atom stereocenters. The molecule has 1 aliphatic carbocycles. The summed E-state index contributed by atoms with van der Waals surface area (Å²) in [5, 5.41) is 11.1.